The molecule has 0 amide bonds. The molecule has 1 nitrogen and oxygen atoms in total. The van der Waals surface area contributed by atoms with Gasteiger partial charge in [0.15, 0.2) is 0 Å². The first-order valence-electron chi connectivity index (χ1n) is 6.08. The third kappa shape index (κ3) is 2.31. The van der Waals surface area contributed by atoms with E-state index < -0.39 is 0 Å². The maximum Gasteiger partial charge on any atom is 0.0484 e. The molecule has 2 rings (SSSR count). The molecule has 2 heteroatoms. The van der Waals surface area contributed by atoms with E-state index in [2.05, 4.69) is 26.0 Å². The number of benzene rings is 2. The highest BCUT2D eigenvalue weighted by Gasteiger charge is 2.15. The van der Waals surface area contributed by atoms with Gasteiger partial charge in [0.05, 0.1) is 0 Å². The minimum Gasteiger partial charge on any atom is -0.324 e. The van der Waals surface area contributed by atoms with Gasteiger partial charge in [-0.2, -0.15) is 0 Å². The minimum atomic E-state index is 0.0715. The van der Waals surface area contributed by atoms with Crippen LogP contribution in [0.25, 0.3) is 10.8 Å². The summed E-state index contributed by atoms with van der Waals surface area (Å²) in [5.74, 6) is 0.472. The summed E-state index contributed by atoms with van der Waals surface area (Å²) in [4.78, 5) is 0. The molecule has 0 aliphatic carbocycles. The van der Waals surface area contributed by atoms with Crippen LogP contribution in [0.1, 0.15) is 31.9 Å². The first-order valence-corrected chi connectivity index (χ1v) is 6.45. The van der Waals surface area contributed by atoms with Crippen molar-refractivity contribution in [3.05, 3.63) is 47.0 Å². The van der Waals surface area contributed by atoms with E-state index in [0.29, 0.717) is 5.92 Å². The summed E-state index contributed by atoms with van der Waals surface area (Å²) >= 11 is 6.21. The van der Waals surface area contributed by atoms with E-state index in [1.807, 2.05) is 24.3 Å². The monoisotopic (exact) mass is 247 g/mol. The van der Waals surface area contributed by atoms with Crippen LogP contribution >= 0.6 is 11.6 Å². The van der Waals surface area contributed by atoms with Gasteiger partial charge in [0.2, 0.25) is 0 Å². The van der Waals surface area contributed by atoms with E-state index in [4.69, 9.17) is 17.3 Å². The van der Waals surface area contributed by atoms with E-state index in [1.54, 1.807) is 0 Å². The first kappa shape index (κ1) is 12.4. The van der Waals surface area contributed by atoms with E-state index in [-0.39, 0.29) is 6.04 Å². The van der Waals surface area contributed by atoms with Crippen molar-refractivity contribution < 1.29 is 0 Å². The van der Waals surface area contributed by atoms with Gasteiger partial charge in [0.25, 0.3) is 0 Å². The van der Waals surface area contributed by atoms with Gasteiger partial charge in [-0.15, -0.1) is 0 Å². The lowest BCUT2D eigenvalue weighted by molar-refractivity contribution is 0.459. The van der Waals surface area contributed by atoms with E-state index >= 15 is 0 Å². The number of halogens is 1. The van der Waals surface area contributed by atoms with Crippen LogP contribution in [0.5, 0.6) is 0 Å². The van der Waals surface area contributed by atoms with E-state index in [9.17, 15) is 0 Å². The molecule has 17 heavy (non-hydrogen) atoms. The molecule has 0 fully saturated rings. The smallest absolute Gasteiger partial charge is 0.0484 e. The predicted octanol–water partition coefficient (Wildman–Crippen LogP) is 4.54. The molecule has 90 valence electrons. The maximum absolute atomic E-state index is 6.32. The van der Waals surface area contributed by atoms with Crippen LogP contribution in [0.4, 0.5) is 0 Å². The van der Waals surface area contributed by atoms with Gasteiger partial charge < -0.3 is 5.73 Å². The Morgan fingerprint density at radius 2 is 1.76 bits per heavy atom. The fourth-order valence-corrected chi connectivity index (χ4v) is 2.38. The second kappa shape index (κ2) is 5.07. The number of rotatable bonds is 3. The Bertz CT molecular complexity index is 521. The van der Waals surface area contributed by atoms with Gasteiger partial charge in [0, 0.05) is 16.5 Å². The molecule has 0 saturated heterocycles. The Morgan fingerprint density at radius 3 is 2.47 bits per heavy atom. The van der Waals surface area contributed by atoms with Gasteiger partial charge in [-0.25, -0.2) is 0 Å². The molecule has 0 heterocycles. The van der Waals surface area contributed by atoms with Crippen LogP contribution in [0.2, 0.25) is 5.02 Å². The van der Waals surface area contributed by atoms with Crippen LogP contribution in [-0.4, -0.2) is 0 Å². The predicted molar refractivity (Wildman–Crippen MR) is 75.3 cm³/mol. The second-order valence-corrected chi connectivity index (χ2v) is 5.00. The number of nitrogens with two attached hydrogens (primary N) is 1. The van der Waals surface area contributed by atoms with Crippen molar-refractivity contribution in [1.29, 1.82) is 0 Å². The van der Waals surface area contributed by atoms with Crippen molar-refractivity contribution in [1.82, 2.24) is 0 Å². The summed E-state index contributed by atoms with van der Waals surface area (Å²) in [6.45, 7) is 4.36. The SMILES string of the molecule is CCC(C)C(N)c1cccc2c(Cl)cccc12. The number of fused-ring (bicyclic) bond motifs is 1. The minimum absolute atomic E-state index is 0.0715. The average Bonchev–Trinajstić information content (AvgIpc) is 2.37. The van der Waals surface area contributed by atoms with Crippen molar-refractivity contribution in [2.75, 3.05) is 0 Å². The topological polar surface area (TPSA) is 26.0 Å². The number of hydrogen-bond acceptors (Lipinski definition) is 1. The summed E-state index contributed by atoms with van der Waals surface area (Å²) in [6, 6.07) is 12.3. The molecule has 0 radical (unpaired) electrons. The third-order valence-corrected chi connectivity index (χ3v) is 3.85. The molecular weight excluding hydrogens is 230 g/mol. The van der Waals surface area contributed by atoms with Gasteiger partial charge in [-0.05, 0) is 22.9 Å². The van der Waals surface area contributed by atoms with Crippen LogP contribution < -0.4 is 5.73 Å². The molecule has 0 aliphatic rings. The maximum atomic E-state index is 6.32. The summed E-state index contributed by atoms with van der Waals surface area (Å²) in [5, 5.41) is 3.05. The van der Waals surface area contributed by atoms with E-state index in [0.717, 1.165) is 16.8 Å². The third-order valence-electron chi connectivity index (χ3n) is 3.52. The van der Waals surface area contributed by atoms with Crippen molar-refractivity contribution in [3.63, 3.8) is 0 Å². The molecule has 2 unspecified atom stereocenters. The lowest BCUT2D eigenvalue weighted by Gasteiger charge is -2.20. The van der Waals surface area contributed by atoms with Crippen molar-refractivity contribution in [2.45, 2.75) is 26.3 Å². The summed E-state index contributed by atoms with van der Waals surface area (Å²) in [7, 11) is 0. The van der Waals surface area contributed by atoms with Crippen LogP contribution in [0.3, 0.4) is 0 Å². The van der Waals surface area contributed by atoms with Gasteiger partial charge in [-0.3, -0.25) is 0 Å². The number of hydrogen-bond donors (Lipinski definition) is 1. The molecular formula is C15H18ClN. The fourth-order valence-electron chi connectivity index (χ4n) is 2.15. The molecule has 2 aromatic carbocycles. The normalized spacial score (nSPS) is 14.8. The summed E-state index contributed by atoms with van der Waals surface area (Å²) in [5.41, 5.74) is 7.52. The lowest BCUT2D eigenvalue weighted by atomic mass is 9.90. The van der Waals surface area contributed by atoms with E-state index in [1.165, 1.54) is 10.9 Å². The molecule has 2 N–H and O–H groups in total. The van der Waals surface area contributed by atoms with Crippen molar-refractivity contribution in [2.24, 2.45) is 11.7 Å². The highest BCUT2D eigenvalue weighted by molar-refractivity contribution is 6.35. The van der Waals surface area contributed by atoms with Gasteiger partial charge in [-0.1, -0.05) is 62.2 Å². The summed E-state index contributed by atoms with van der Waals surface area (Å²) < 4.78 is 0. The average molecular weight is 248 g/mol. The van der Waals surface area contributed by atoms with Gasteiger partial charge >= 0.3 is 0 Å². The highest BCUT2D eigenvalue weighted by Crippen LogP contribution is 2.31. The van der Waals surface area contributed by atoms with Crippen molar-refractivity contribution in [3.8, 4) is 0 Å². The summed E-state index contributed by atoms with van der Waals surface area (Å²) in [6.07, 6.45) is 1.08. The Labute approximate surface area is 108 Å². The molecule has 0 saturated carbocycles. The zero-order valence-electron chi connectivity index (χ0n) is 10.3. The van der Waals surface area contributed by atoms with Crippen molar-refractivity contribution >= 4 is 22.4 Å². The molecule has 0 aromatic heterocycles. The molecule has 0 spiro atoms. The second-order valence-electron chi connectivity index (χ2n) is 4.59. The Morgan fingerprint density at radius 1 is 1.12 bits per heavy atom. The Balaban J connectivity index is 2.58. The lowest BCUT2D eigenvalue weighted by Crippen LogP contribution is -2.18. The van der Waals surface area contributed by atoms with Gasteiger partial charge in [0.1, 0.15) is 0 Å². The quantitative estimate of drug-likeness (QED) is 0.847. The Kier molecular flexibility index (Phi) is 3.70. The standard InChI is InChI=1S/C15H18ClN/c1-3-10(2)15(17)13-8-4-7-12-11(13)6-5-9-14(12)16/h4-10,15H,3,17H2,1-2H3. The zero-order valence-corrected chi connectivity index (χ0v) is 11.0. The highest BCUT2D eigenvalue weighted by atomic mass is 35.5. The van der Waals surface area contributed by atoms with Crippen LogP contribution in [0.15, 0.2) is 36.4 Å². The zero-order chi connectivity index (χ0) is 12.4. The first-order chi connectivity index (χ1) is 8.15. The Hall–Kier alpha value is -1.05. The molecule has 0 bridgehead atoms. The molecule has 0 aliphatic heterocycles. The molecule has 2 atom stereocenters. The molecule has 2 aromatic rings. The van der Waals surface area contributed by atoms with Crippen LogP contribution in [0, 0.1) is 5.92 Å². The van der Waals surface area contributed by atoms with Crippen LogP contribution in [-0.2, 0) is 0 Å². The fraction of sp³-hybridized carbons (Fsp3) is 0.333. The largest absolute Gasteiger partial charge is 0.324 e.